The van der Waals surface area contributed by atoms with Gasteiger partial charge in [0.25, 0.3) is 0 Å². The number of benzene rings is 8. The van der Waals surface area contributed by atoms with Crippen LogP contribution in [0.2, 0.25) is 79.0 Å². The minimum Gasteiger partial charge on any atom is -0.490 e. The summed E-state index contributed by atoms with van der Waals surface area (Å²) in [4.78, 5) is 14.7. The summed E-state index contributed by atoms with van der Waals surface area (Å²) in [5, 5.41) is 18.9. The normalized spacial score (nSPS) is 18.5. The number of hydrogen-bond acceptors (Lipinski definition) is 19. The van der Waals surface area contributed by atoms with Crippen molar-refractivity contribution in [3.8, 4) is 23.0 Å². The first-order valence-electron chi connectivity index (χ1n) is 42.2. The molecule has 0 aromatic heterocycles. The van der Waals surface area contributed by atoms with Gasteiger partial charge in [-0.25, -0.2) is 35.1 Å². The van der Waals surface area contributed by atoms with E-state index in [1.807, 2.05) is 50.2 Å². The largest absolute Gasteiger partial charge is 0.762 e. The number of rotatable bonds is 32. The average molecular weight is 2060 g/mol. The summed E-state index contributed by atoms with van der Waals surface area (Å²) >= 11 is 29.3. The maximum Gasteiger partial charge on any atom is 0.762 e. The molecule has 10 atom stereocenters. The summed E-state index contributed by atoms with van der Waals surface area (Å²) in [5.74, 6) is -6.07. The standard InChI is InChI=1S/2C21H21ClF2O3S.C18H15ClF2O3S.C16H11ClF2O2S.C8H22O2Si2.C6H14OSi.C4H10O.BF3/c2*1-2-3-18(26-11-10-25)15-12-27-20-17(24)9-8-16(23)19(20)21(15)28-14-6-4-13(22)5-7-14;19-10-1-3-11(4-2-10)25-17-12(18-22-7-8-23-18)9-24-16-14(21)6-5-13(20)15(16)17;17-10-1-3-11(4-2-10)22-16-9(7-20)8-21-15-13(19)6-5-12(18)14(15)16;1-11(2,3)9-7-8-10-12(4,5)6;1-5-6-7-8(2,3)4;1-3-5-4-2;2-1(3)4/h2*2,4-9,15,18,21,25H,1,3,10-12H2;1-6,12,17-18H,7-9H2;1-7,9,16H,8H2;7-8H2,1-6H3;5H,1,6H2,2-4H3;3-4H2,1-2H3;/t15-,18+,21-;15-,18-,21-;12-,17+;9-,16+;;;;/m0011..../s1. The maximum absolute atomic E-state index is 14.8. The molecule has 0 bridgehead atoms. The third kappa shape index (κ3) is 38.4. The molecule has 0 unspecified atom stereocenters. The van der Waals surface area contributed by atoms with Crippen molar-refractivity contribution in [2.45, 2.75) is 145 Å². The van der Waals surface area contributed by atoms with Crippen LogP contribution in [0.15, 0.2) is 203 Å². The van der Waals surface area contributed by atoms with Crippen molar-refractivity contribution in [1.82, 2.24) is 0 Å². The third-order valence-electron chi connectivity index (χ3n) is 19.0. The van der Waals surface area contributed by atoms with E-state index in [1.54, 1.807) is 78.9 Å². The highest BCUT2D eigenvalue weighted by molar-refractivity contribution is 8.00. The molecule has 0 aliphatic carbocycles. The van der Waals surface area contributed by atoms with Crippen LogP contribution in [0.4, 0.5) is 48.1 Å². The molecule has 0 saturated carbocycles. The van der Waals surface area contributed by atoms with Crippen molar-refractivity contribution in [3.63, 3.8) is 0 Å². The lowest BCUT2D eigenvalue weighted by Crippen LogP contribution is -2.37. The molecule has 13 rings (SSSR count). The van der Waals surface area contributed by atoms with Gasteiger partial charge in [-0.1, -0.05) is 64.6 Å². The van der Waals surface area contributed by atoms with Gasteiger partial charge < -0.3 is 70.9 Å². The molecule has 5 heterocycles. The number of aldehydes is 1. The lowest BCUT2D eigenvalue weighted by Gasteiger charge is -2.37. The first-order valence-corrected chi connectivity index (χ1v) is 57.5. The number of halogens is 15. The molecule has 724 valence electrons. The molecule has 5 aliphatic heterocycles. The van der Waals surface area contributed by atoms with Crippen LogP contribution < -0.4 is 18.9 Å². The van der Waals surface area contributed by atoms with Crippen molar-refractivity contribution in [2.24, 2.45) is 23.7 Å². The van der Waals surface area contributed by atoms with Crippen molar-refractivity contribution in [1.29, 1.82) is 0 Å². The Hall–Kier alpha value is -6.04. The first kappa shape index (κ1) is 115. The SMILES string of the molecule is C=CCO[Si](C)(C)C.C=CC[C@@H](OCCO)[C@@H]1COc2c(F)ccc(F)c2[C@H]1Sc1ccc(Cl)cc1.C=CC[C@H](OCCO)[C@@H]1COc2c(F)ccc(F)c2[C@H]1Sc1ccc(Cl)cc1.CCOCC.C[Si](C)(C)OCCO[Si](C)(C)C.FB(F)F.Fc1ccc(F)c2c1OC[C@@H](C1OCCO1)[C@@H]2Sc1ccc(Cl)cc1.O=C[C@@H]1COc2c(F)ccc(F)c2[C@H]1Sc1ccc(Cl)cc1. The smallest absolute Gasteiger partial charge is 0.490 e. The molecule has 0 spiro atoms. The van der Waals surface area contributed by atoms with E-state index in [9.17, 15) is 52.9 Å². The molecule has 38 heteroatoms. The van der Waals surface area contributed by atoms with Crippen LogP contribution in [0.5, 0.6) is 23.0 Å². The maximum atomic E-state index is 14.8. The van der Waals surface area contributed by atoms with E-state index in [0.717, 1.165) is 101 Å². The molecule has 5 aliphatic rings. The zero-order valence-corrected chi connectivity index (χ0v) is 84.5. The van der Waals surface area contributed by atoms with Gasteiger partial charge >= 0.3 is 7.54 Å². The Morgan fingerprint density at radius 2 is 0.705 bits per heavy atom. The number of aliphatic hydroxyl groups excluding tert-OH is 2. The van der Waals surface area contributed by atoms with Crippen LogP contribution in [0.1, 0.15) is 69.9 Å². The minimum absolute atomic E-state index is 0.0271. The van der Waals surface area contributed by atoms with Crippen molar-refractivity contribution in [3.05, 3.63) is 272 Å². The average Bonchev–Trinajstić information content (AvgIpc) is 0.877. The van der Waals surface area contributed by atoms with Crippen LogP contribution in [0.25, 0.3) is 0 Å². The summed E-state index contributed by atoms with van der Waals surface area (Å²) in [6, 6.07) is 37.3. The Bertz CT molecular complexity index is 4660. The van der Waals surface area contributed by atoms with E-state index in [0.29, 0.717) is 52.8 Å². The lowest BCUT2D eigenvalue weighted by atomic mass is 9.89. The summed E-state index contributed by atoms with van der Waals surface area (Å²) in [6.07, 6.45) is 5.72. The quantitative estimate of drug-likeness (QED) is 0.0134. The monoisotopic (exact) mass is 2050 g/mol. The van der Waals surface area contributed by atoms with Crippen molar-refractivity contribution in [2.75, 3.05) is 99.1 Å². The van der Waals surface area contributed by atoms with Gasteiger partial charge in [-0.05, 0) is 231 Å². The fraction of sp³-hybridized carbons (Fsp3) is 0.415. The molecular weight excluding hydrogens is 1940 g/mol. The number of carbonyl (C=O) groups is 1. The Balaban J connectivity index is 0.000000247. The second kappa shape index (κ2) is 58.6. The van der Waals surface area contributed by atoms with Gasteiger partial charge in [-0.15, -0.1) is 66.8 Å². The summed E-state index contributed by atoms with van der Waals surface area (Å²) in [5.41, 5.74) is 0.703. The highest BCUT2D eigenvalue weighted by Crippen LogP contribution is 2.55. The van der Waals surface area contributed by atoms with Crippen molar-refractivity contribution < 1.29 is 119 Å². The highest BCUT2D eigenvalue weighted by atomic mass is 35.5. The Labute approximate surface area is 808 Å². The zero-order valence-electron chi connectivity index (χ0n) is 75.2. The number of ether oxygens (including phenoxy) is 9. The van der Waals surface area contributed by atoms with Crippen LogP contribution >= 0.6 is 93.5 Å². The van der Waals surface area contributed by atoms with Crippen LogP contribution in [-0.2, 0) is 41.8 Å². The lowest BCUT2D eigenvalue weighted by molar-refractivity contribution is -0.112. The van der Waals surface area contributed by atoms with Gasteiger partial charge in [0.1, 0.15) is 29.6 Å². The van der Waals surface area contributed by atoms with E-state index < -0.39 is 112 Å². The molecule has 1 fully saturated rings. The van der Waals surface area contributed by atoms with Gasteiger partial charge in [0.15, 0.2) is 77.5 Å². The molecule has 0 amide bonds. The van der Waals surface area contributed by atoms with E-state index in [1.165, 1.54) is 47.0 Å². The van der Waals surface area contributed by atoms with Crippen LogP contribution in [-0.4, -0.2) is 167 Å². The first-order chi connectivity index (χ1) is 62.7. The van der Waals surface area contributed by atoms with Crippen LogP contribution in [0, 0.1) is 70.2 Å². The Morgan fingerprint density at radius 3 is 0.985 bits per heavy atom. The van der Waals surface area contributed by atoms with Gasteiger partial charge in [0.2, 0.25) is 0 Å². The number of aliphatic hydroxyl groups is 2. The molecule has 2 N–H and O–H groups in total. The van der Waals surface area contributed by atoms with Gasteiger partial charge in [0, 0.05) is 97.5 Å². The molecule has 8 aromatic carbocycles. The van der Waals surface area contributed by atoms with Gasteiger partial charge in [-0.2, -0.15) is 0 Å². The molecule has 8 aromatic rings. The Morgan fingerprint density at radius 1 is 0.417 bits per heavy atom. The van der Waals surface area contributed by atoms with Gasteiger partial charge in [-0.3, -0.25) is 12.9 Å². The van der Waals surface area contributed by atoms with Gasteiger partial charge in [0.05, 0.1) is 120 Å². The second-order valence-corrected chi connectivity index (χ2v) is 52.3. The number of fused-ring (bicyclic) bond motifs is 4. The van der Waals surface area contributed by atoms with E-state index in [4.69, 9.17) is 113 Å². The fourth-order valence-electron chi connectivity index (χ4n) is 13.2. The van der Waals surface area contributed by atoms with E-state index >= 15 is 0 Å². The number of carbonyl (C=O) groups excluding carboxylic acids is 1. The number of thioether (sulfide) groups is 4. The Kier molecular flexibility index (Phi) is 50.9. The van der Waals surface area contributed by atoms with Crippen molar-refractivity contribution >= 4 is 132 Å². The van der Waals surface area contributed by atoms with E-state index in [-0.39, 0.29) is 128 Å². The predicted octanol–water partition coefficient (Wildman–Crippen LogP) is 27.0. The third-order valence-corrected chi connectivity index (χ3v) is 28.7. The topological polar surface area (TPSA) is 168 Å². The minimum atomic E-state index is -3.67. The van der Waals surface area contributed by atoms with Crippen LogP contribution in [0.3, 0.4) is 0 Å². The highest BCUT2D eigenvalue weighted by Gasteiger charge is 2.45. The second-order valence-electron chi connectivity index (χ2n) is 32.2. The van der Waals surface area contributed by atoms with E-state index in [2.05, 4.69) is 78.7 Å². The number of hydrogen-bond donors (Lipinski definition) is 2. The molecule has 15 nitrogen and oxygen atoms in total. The molecule has 1 saturated heterocycles. The summed E-state index contributed by atoms with van der Waals surface area (Å²) in [7, 11) is -7.55. The molecule has 0 radical (unpaired) electrons. The predicted molar refractivity (Wildman–Crippen MR) is 516 cm³/mol. The zero-order chi connectivity index (χ0) is 97.4. The fourth-order valence-corrected chi connectivity index (χ4v) is 21.0. The molecular formula is C94H114BCl4F11O15S4Si3. The summed E-state index contributed by atoms with van der Waals surface area (Å²) in [6.45, 7) is 40.2. The molecule has 132 heavy (non-hydrogen) atoms. The summed E-state index contributed by atoms with van der Waals surface area (Å²) < 4.78 is 210.